The second-order valence-electron chi connectivity index (χ2n) is 4.86. The molecule has 0 spiro atoms. The van der Waals surface area contributed by atoms with E-state index in [2.05, 4.69) is 12.1 Å². The fourth-order valence-corrected chi connectivity index (χ4v) is 1.69. The van der Waals surface area contributed by atoms with Crippen LogP contribution < -0.4 is 5.48 Å². The first-order chi connectivity index (χ1) is 7.53. The van der Waals surface area contributed by atoms with E-state index in [0.717, 1.165) is 12.8 Å². The van der Waals surface area contributed by atoms with E-state index in [1.165, 1.54) is 5.56 Å². The number of amides is 1. The molecule has 0 aliphatic rings. The van der Waals surface area contributed by atoms with E-state index >= 15 is 0 Å². The van der Waals surface area contributed by atoms with Crippen molar-refractivity contribution in [2.24, 2.45) is 5.41 Å². The van der Waals surface area contributed by atoms with Crippen molar-refractivity contribution in [1.82, 2.24) is 5.48 Å². The molecule has 0 saturated heterocycles. The van der Waals surface area contributed by atoms with Crippen LogP contribution in [0.15, 0.2) is 30.3 Å². The van der Waals surface area contributed by atoms with Crippen molar-refractivity contribution in [3.8, 4) is 0 Å². The standard InChI is InChI=1S/C13H19NO2/c1-13(2,10-12(15)14-16)9-8-11-6-4-3-5-7-11/h3-7,16H,8-10H2,1-2H3,(H,14,15). The summed E-state index contributed by atoms with van der Waals surface area (Å²) in [5.74, 6) is -0.321. The second-order valence-corrected chi connectivity index (χ2v) is 4.86. The Bertz CT molecular complexity index is 333. The average Bonchev–Trinajstić information content (AvgIpc) is 2.27. The Hall–Kier alpha value is -1.35. The van der Waals surface area contributed by atoms with E-state index < -0.39 is 0 Å². The molecule has 0 aromatic heterocycles. The Labute approximate surface area is 96.4 Å². The van der Waals surface area contributed by atoms with Crippen molar-refractivity contribution in [2.75, 3.05) is 0 Å². The lowest BCUT2D eigenvalue weighted by Gasteiger charge is -2.23. The topological polar surface area (TPSA) is 49.3 Å². The first-order valence-electron chi connectivity index (χ1n) is 5.50. The summed E-state index contributed by atoms with van der Waals surface area (Å²) in [6, 6.07) is 10.2. The number of carbonyl (C=O) groups excluding carboxylic acids is 1. The third kappa shape index (κ3) is 4.45. The maximum atomic E-state index is 11.1. The molecular formula is C13H19NO2. The molecule has 0 atom stereocenters. The molecule has 16 heavy (non-hydrogen) atoms. The van der Waals surface area contributed by atoms with Crippen LogP contribution in [0, 0.1) is 5.41 Å². The summed E-state index contributed by atoms with van der Waals surface area (Å²) in [6.45, 7) is 4.07. The quantitative estimate of drug-likeness (QED) is 0.593. The summed E-state index contributed by atoms with van der Waals surface area (Å²) < 4.78 is 0. The van der Waals surface area contributed by atoms with Crippen LogP contribution in [0.3, 0.4) is 0 Å². The molecule has 1 aromatic carbocycles. The predicted molar refractivity (Wildman–Crippen MR) is 63.1 cm³/mol. The molecule has 0 bridgehead atoms. The zero-order valence-corrected chi connectivity index (χ0v) is 9.86. The van der Waals surface area contributed by atoms with Gasteiger partial charge in [-0.3, -0.25) is 10.0 Å². The minimum absolute atomic E-state index is 0.0946. The number of benzene rings is 1. The third-order valence-electron chi connectivity index (χ3n) is 2.70. The van der Waals surface area contributed by atoms with Crippen LogP contribution in [0.4, 0.5) is 0 Å². The zero-order valence-electron chi connectivity index (χ0n) is 9.86. The third-order valence-corrected chi connectivity index (χ3v) is 2.70. The Balaban J connectivity index is 2.44. The molecule has 0 fully saturated rings. The lowest BCUT2D eigenvalue weighted by Crippen LogP contribution is -2.26. The first-order valence-corrected chi connectivity index (χ1v) is 5.50. The van der Waals surface area contributed by atoms with Crippen LogP contribution in [-0.4, -0.2) is 11.1 Å². The Kier molecular flexibility index (Phi) is 4.50. The van der Waals surface area contributed by atoms with E-state index in [1.807, 2.05) is 32.0 Å². The largest absolute Gasteiger partial charge is 0.289 e. The van der Waals surface area contributed by atoms with Crippen LogP contribution in [0.1, 0.15) is 32.3 Å². The van der Waals surface area contributed by atoms with Crippen LogP contribution in [0.2, 0.25) is 0 Å². The molecule has 1 aromatic rings. The summed E-state index contributed by atoms with van der Waals surface area (Å²) in [5, 5.41) is 8.48. The molecule has 3 heteroatoms. The maximum Gasteiger partial charge on any atom is 0.243 e. The van der Waals surface area contributed by atoms with E-state index in [1.54, 1.807) is 5.48 Å². The summed E-state index contributed by atoms with van der Waals surface area (Å²) >= 11 is 0. The van der Waals surface area contributed by atoms with Crippen molar-refractivity contribution in [3.05, 3.63) is 35.9 Å². The lowest BCUT2D eigenvalue weighted by atomic mass is 9.83. The molecule has 0 unspecified atom stereocenters. The Morgan fingerprint density at radius 2 is 1.94 bits per heavy atom. The number of nitrogens with one attached hydrogen (secondary N) is 1. The highest BCUT2D eigenvalue weighted by Gasteiger charge is 2.21. The molecule has 0 heterocycles. The number of hydrogen-bond acceptors (Lipinski definition) is 2. The van der Waals surface area contributed by atoms with Crippen LogP contribution >= 0.6 is 0 Å². The normalized spacial score (nSPS) is 11.2. The summed E-state index contributed by atoms with van der Waals surface area (Å²) in [4.78, 5) is 11.1. The fourth-order valence-electron chi connectivity index (χ4n) is 1.69. The Morgan fingerprint density at radius 1 is 1.31 bits per heavy atom. The first kappa shape index (κ1) is 12.7. The fraction of sp³-hybridized carbons (Fsp3) is 0.462. The molecule has 0 aliphatic heterocycles. The molecular weight excluding hydrogens is 202 g/mol. The van der Waals surface area contributed by atoms with Gasteiger partial charge in [0.15, 0.2) is 0 Å². The van der Waals surface area contributed by atoms with Crippen molar-refractivity contribution < 1.29 is 10.0 Å². The number of hydrogen-bond donors (Lipinski definition) is 2. The summed E-state index contributed by atoms with van der Waals surface area (Å²) in [7, 11) is 0. The van der Waals surface area contributed by atoms with E-state index in [9.17, 15) is 4.79 Å². The summed E-state index contributed by atoms with van der Waals surface area (Å²) in [6.07, 6.45) is 2.22. The molecule has 0 saturated carbocycles. The van der Waals surface area contributed by atoms with Gasteiger partial charge in [-0.2, -0.15) is 0 Å². The smallest absolute Gasteiger partial charge is 0.243 e. The highest BCUT2D eigenvalue weighted by molar-refractivity contribution is 5.75. The SMILES string of the molecule is CC(C)(CCc1ccccc1)CC(=O)NO. The van der Waals surface area contributed by atoms with Crippen molar-refractivity contribution in [3.63, 3.8) is 0 Å². The van der Waals surface area contributed by atoms with Gasteiger partial charge in [-0.15, -0.1) is 0 Å². The Morgan fingerprint density at radius 3 is 2.50 bits per heavy atom. The lowest BCUT2D eigenvalue weighted by molar-refractivity contribution is -0.131. The number of rotatable bonds is 5. The van der Waals surface area contributed by atoms with E-state index in [4.69, 9.17) is 5.21 Å². The molecule has 0 aliphatic carbocycles. The highest BCUT2D eigenvalue weighted by atomic mass is 16.5. The van der Waals surface area contributed by atoms with Gasteiger partial charge in [0.1, 0.15) is 0 Å². The van der Waals surface area contributed by atoms with Crippen LogP contribution in [0.5, 0.6) is 0 Å². The average molecular weight is 221 g/mol. The van der Waals surface area contributed by atoms with E-state index in [0.29, 0.717) is 6.42 Å². The molecule has 1 rings (SSSR count). The molecule has 0 radical (unpaired) electrons. The van der Waals surface area contributed by atoms with Gasteiger partial charge in [0.25, 0.3) is 0 Å². The van der Waals surface area contributed by atoms with Crippen molar-refractivity contribution in [1.29, 1.82) is 0 Å². The molecule has 2 N–H and O–H groups in total. The van der Waals surface area contributed by atoms with Crippen molar-refractivity contribution >= 4 is 5.91 Å². The number of hydroxylamine groups is 1. The number of aryl methyl sites for hydroxylation is 1. The van der Waals surface area contributed by atoms with Gasteiger partial charge in [0.2, 0.25) is 5.91 Å². The minimum Gasteiger partial charge on any atom is -0.289 e. The van der Waals surface area contributed by atoms with Gasteiger partial charge < -0.3 is 0 Å². The van der Waals surface area contributed by atoms with Gasteiger partial charge in [0.05, 0.1) is 0 Å². The minimum atomic E-state index is -0.321. The van der Waals surface area contributed by atoms with Crippen LogP contribution in [0.25, 0.3) is 0 Å². The number of carbonyl (C=O) groups is 1. The van der Waals surface area contributed by atoms with E-state index in [-0.39, 0.29) is 11.3 Å². The zero-order chi connectivity index (χ0) is 12.0. The van der Waals surface area contributed by atoms with Crippen molar-refractivity contribution in [2.45, 2.75) is 33.1 Å². The summed E-state index contributed by atoms with van der Waals surface area (Å²) in [5.41, 5.74) is 2.86. The monoisotopic (exact) mass is 221 g/mol. The van der Waals surface area contributed by atoms with Crippen LogP contribution in [-0.2, 0) is 11.2 Å². The van der Waals surface area contributed by atoms with Gasteiger partial charge in [-0.25, -0.2) is 5.48 Å². The highest BCUT2D eigenvalue weighted by Crippen LogP contribution is 2.26. The molecule has 3 nitrogen and oxygen atoms in total. The predicted octanol–water partition coefficient (Wildman–Crippen LogP) is 2.54. The van der Waals surface area contributed by atoms with Gasteiger partial charge in [-0.05, 0) is 23.8 Å². The van der Waals surface area contributed by atoms with Gasteiger partial charge >= 0.3 is 0 Å². The molecule has 1 amide bonds. The van der Waals surface area contributed by atoms with Gasteiger partial charge in [0, 0.05) is 6.42 Å². The molecule has 88 valence electrons. The van der Waals surface area contributed by atoms with Gasteiger partial charge in [-0.1, -0.05) is 44.2 Å². The second kappa shape index (κ2) is 5.66. The maximum absolute atomic E-state index is 11.1.